The Morgan fingerprint density at radius 2 is 2.08 bits per heavy atom. The highest BCUT2D eigenvalue weighted by Gasteiger charge is 2.48. The van der Waals surface area contributed by atoms with Gasteiger partial charge in [-0.1, -0.05) is 19.4 Å². The second kappa shape index (κ2) is 6.37. The van der Waals surface area contributed by atoms with Gasteiger partial charge in [0.05, 0.1) is 5.69 Å². The molecule has 0 saturated heterocycles. The van der Waals surface area contributed by atoms with Crippen LogP contribution in [0.1, 0.15) is 33.1 Å². The van der Waals surface area contributed by atoms with Gasteiger partial charge in [0.2, 0.25) is 5.13 Å². The number of hydrogen-bond acceptors (Lipinski definition) is 4. The highest BCUT2D eigenvalue weighted by molar-refractivity contribution is 7.14. The van der Waals surface area contributed by atoms with Crippen LogP contribution in [-0.2, 0) is 0 Å². The summed E-state index contributed by atoms with van der Waals surface area (Å²) in [6.07, 6.45) is 8.08. The maximum atomic E-state index is 13.0. The predicted octanol–water partition coefficient (Wildman–Crippen LogP) is 5.73. The van der Waals surface area contributed by atoms with E-state index in [1.165, 1.54) is 42.7 Å². The lowest BCUT2D eigenvalue weighted by Gasteiger charge is -2.32. The topological polar surface area (TPSA) is 37.3 Å². The van der Waals surface area contributed by atoms with Gasteiger partial charge in [0.1, 0.15) is 5.82 Å². The molecule has 0 aliphatic heterocycles. The van der Waals surface area contributed by atoms with Crippen molar-refractivity contribution in [2.75, 3.05) is 5.43 Å². The molecule has 2 aliphatic carbocycles. The van der Waals surface area contributed by atoms with E-state index in [9.17, 15) is 4.39 Å². The SMILES string of the molecule is CC1(C)C(=CC=NNc2nc(-c3ccc(F)cc3)cs2)C2CCC1C2. The van der Waals surface area contributed by atoms with Crippen LogP contribution in [0.4, 0.5) is 9.52 Å². The van der Waals surface area contributed by atoms with E-state index in [2.05, 4.69) is 35.4 Å². The molecule has 0 amide bonds. The third-order valence-corrected chi connectivity index (χ3v) is 6.52. The van der Waals surface area contributed by atoms with E-state index in [1.807, 2.05) is 11.6 Å². The largest absolute Gasteiger partial charge is 0.253 e. The number of fused-ring (bicyclic) bond motifs is 2. The second-order valence-corrected chi connectivity index (χ2v) is 8.34. The number of anilines is 1. The van der Waals surface area contributed by atoms with E-state index < -0.39 is 0 Å². The summed E-state index contributed by atoms with van der Waals surface area (Å²) in [6.45, 7) is 4.72. The lowest BCUT2D eigenvalue weighted by Crippen LogP contribution is -2.22. The van der Waals surface area contributed by atoms with Crippen LogP contribution >= 0.6 is 11.3 Å². The fraction of sp³-hybridized carbons (Fsp3) is 0.400. The first-order valence-electron chi connectivity index (χ1n) is 8.75. The lowest BCUT2D eigenvalue weighted by atomic mass is 9.73. The average molecular weight is 355 g/mol. The molecule has 1 aromatic heterocycles. The number of allylic oxidation sites excluding steroid dienone is 2. The number of nitrogens with zero attached hydrogens (tertiary/aromatic N) is 2. The van der Waals surface area contributed by atoms with Crippen LogP contribution in [0.25, 0.3) is 11.3 Å². The van der Waals surface area contributed by atoms with Crippen LogP contribution in [0.2, 0.25) is 0 Å². The number of hydrogen-bond donors (Lipinski definition) is 1. The minimum Gasteiger partial charge on any atom is -0.253 e. The smallest absolute Gasteiger partial charge is 0.203 e. The van der Waals surface area contributed by atoms with E-state index in [-0.39, 0.29) is 5.82 Å². The zero-order valence-corrected chi connectivity index (χ0v) is 15.3. The first-order valence-corrected chi connectivity index (χ1v) is 9.63. The molecule has 3 nitrogen and oxygen atoms in total. The van der Waals surface area contributed by atoms with Crippen LogP contribution in [0.15, 0.2) is 46.4 Å². The number of nitrogens with one attached hydrogen (secondary N) is 1. The fourth-order valence-electron chi connectivity index (χ4n) is 4.32. The van der Waals surface area contributed by atoms with Crippen LogP contribution in [0, 0.1) is 23.1 Å². The molecular formula is C20H22FN3S. The summed E-state index contributed by atoms with van der Waals surface area (Å²) in [5, 5.41) is 7.00. The van der Waals surface area contributed by atoms with Crippen molar-refractivity contribution < 1.29 is 4.39 Å². The van der Waals surface area contributed by atoms with Crippen molar-refractivity contribution in [1.29, 1.82) is 0 Å². The van der Waals surface area contributed by atoms with Gasteiger partial charge < -0.3 is 0 Å². The molecular weight excluding hydrogens is 333 g/mol. The number of halogens is 1. The fourth-order valence-corrected chi connectivity index (χ4v) is 4.99. The average Bonchev–Trinajstić information content (AvgIpc) is 3.28. The summed E-state index contributed by atoms with van der Waals surface area (Å²) in [4.78, 5) is 4.50. The van der Waals surface area contributed by atoms with Crippen LogP contribution in [0.3, 0.4) is 0 Å². The molecule has 25 heavy (non-hydrogen) atoms. The Labute approximate surface area is 151 Å². The van der Waals surface area contributed by atoms with Crippen molar-refractivity contribution in [3.8, 4) is 11.3 Å². The zero-order valence-electron chi connectivity index (χ0n) is 14.5. The molecule has 5 heteroatoms. The molecule has 2 atom stereocenters. The maximum absolute atomic E-state index is 13.0. The van der Waals surface area contributed by atoms with E-state index in [1.54, 1.807) is 17.7 Å². The van der Waals surface area contributed by atoms with Gasteiger partial charge in [0.15, 0.2) is 0 Å². The molecule has 1 heterocycles. The van der Waals surface area contributed by atoms with E-state index in [0.717, 1.165) is 28.2 Å². The van der Waals surface area contributed by atoms with Crippen molar-refractivity contribution in [1.82, 2.24) is 4.98 Å². The lowest BCUT2D eigenvalue weighted by molar-refractivity contribution is 0.288. The minimum absolute atomic E-state index is 0.237. The highest BCUT2D eigenvalue weighted by Crippen LogP contribution is 2.58. The van der Waals surface area contributed by atoms with Crippen molar-refractivity contribution in [2.45, 2.75) is 33.1 Å². The third-order valence-electron chi connectivity index (χ3n) is 5.77. The molecule has 4 rings (SSSR count). The summed E-state index contributed by atoms with van der Waals surface area (Å²) in [7, 11) is 0. The van der Waals surface area contributed by atoms with Gasteiger partial charge in [0.25, 0.3) is 0 Å². The standard InChI is InChI=1S/C20H22FN3S/c1-20(2)15-6-3-14(11-15)17(20)9-10-22-24-19-23-18(12-25-19)13-4-7-16(21)8-5-13/h4-5,7-10,12,14-15H,3,6,11H2,1-2H3,(H,23,24). The number of aromatic nitrogens is 1. The molecule has 2 bridgehead atoms. The molecule has 2 unspecified atom stereocenters. The normalized spacial score (nSPS) is 26.0. The Morgan fingerprint density at radius 3 is 2.80 bits per heavy atom. The first kappa shape index (κ1) is 16.5. The summed E-state index contributed by atoms with van der Waals surface area (Å²) >= 11 is 1.49. The van der Waals surface area contributed by atoms with Crippen LogP contribution < -0.4 is 5.43 Å². The number of thiazole rings is 1. The van der Waals surface area contributed by atoms with Gasteiger partial charge >= 0.3 is 0 Å². The molecule has 130 valence electrons. The first-order chi connectivity index (χ1) is 12.0. The van der Waals surface area contributed by atoms with Crippen molar-refractivity contribution in [2.24, 2.45) is 22.4 Å². The Kier molecular flexibility index (Phi) is 4.20. The summed E-state index contributed by atoms with van der Waals surface area (Å²) in [5.74, 6) is 1.34. The van der Waals surface area contributed by atoms with Crippen molar-refractivity contribution in [3.05, 3.63) is 47.1 Å². The molecule has 2 aromatic rings. The quantitative estimate of drug-likeness (QED) is 0.562. The second-order valence-electron chi connectivity index (χ2n) is 7.49. The third kappa shape index (κ3) is 3.13. The van der Waals surface area contributed by atoms with Crippen molar-refractivity contribution in [3.63, 3.8) is 0 Å². The summed E-state index contributed by atoms with van der Waals surface area (Å²) in [5.41, 5.74) is 6.59. The van der Waals surface area contributed by atoms with Gasteiger partial charge in [-0.05, 0) is 66.9 Å². The molecule has 1 N–H and O–H groups in total. The van der Waals surface area contributed by atoms with Crippen LogP contribution in [0.5, 0.6) is 0 Å². The molecule has 0 spiro atoms. The Balaban J connectivity index is 1.41. The monoisotopic (exact) mass is 355 g/mol. The van der Waals surface area contributed by atoms with Gasteiger partial charge in [-0.25, -0.2) is 9.37 Å². The van der Waals surface area contributed by atoms with Crippen molar-refractivity contribution >= 4 is 22.7 Å². The molecule has 1 aromatic carbocycles. The zero-order chi connectivity index (χ0) is 17.4. The maximum Gasteiger partial charge on any atom is 0.203 e. The number of benzene rings is 1. The van der Waals surface area contributed by atoms with Gasteiger partial charge in [-0.3, -0.25) is 5.43 Å². The molecule has 2 aliphatic rings. The molecule has 2 fully saturated rings. The van der Waals surface area contributed by atoms with E-state index in [0.29, 0.717) is 5.41 Å². The number of rotatable bonds is 4. The minimum atomic E-state index is -0.237. The van der Waals surface area contributed by atoms with Gasteiger partial charge in [0, 0.05) is 17.2 Å². The molecule has 2 saturated carbocycles. The van der Waals surface area contributed by atoms with Crippen LogP contribution in [-0.4, -0.2) is 11.2 Å². The van der Waals surface area contributed by atoms with Gasteiger partial charge in [-0.2, -0.15) is 5.10 Å². The van der Waals surface area contributed by atoms with Gasteiger partial charge in [-0.15, -0.1) is 11.3 Å². The van der Waals surface area contributed by atoms with E-state index >= 15 is 0 Å². The van der Waals surface area contributed by atoms with E-state index in [4.69, 9.17) is 0 Å². The highest BCUT2D eigenvalue weighted by atomic mass is 32.1. The Morgan fingerprint density at radius 1 is 1.28 bits per heavy atom. The summed E-state index contributed by atoms with van der Waals surface area (Å²) < 4.78 is 13.0. The predicted molar refractivity (Wildman–Crippen MR) is 102 cm³/mol. The Hall–Kier alpha value is -2.01. The Bertz CT molecular complexity index is 820. The number of hydrazone groups is 1. The summed E-state index contributed by atoms with van der Waals surface area (Å²) in [6, 6.07) is 6.37. The molecule has 0 radical (unpaired) electrons.